The molecule has 9 heteroatoms. The van der Waals surface area contributed by atoms with Gasteiger partial charge in [-0.2, -0.15) is 13.2 Å². The predicted octanol–water partition coefficient (Wildman–Crippen LogP) is 0.733. The Bertz CT molecular complexity index is 386. The van der Waals surface area contributed by atoms with Gasteiger partial charge in [0.15, 0.2) is 0 Å². The maximum absolute atomic E-state index is 12.5. The van der Waals surface area contributed by atoms with Gasteiger partial charge in [-0.1, -0.05) is 0 Å². The highest BCUT2D eigenvalue weighted by Crippen LogP contribution is 2.28. The van der Waals surface area contributed by atoms with E-state index in [1.807, 2.05) is 5.32 Å². The third-order valence-corrected chi connectivity index (χ3v) is 3.73. The molecule has 5 nitrogen and oxygen atoms in total. The molecular weight excluding hydrogens is 311 g/mol. The molecule has 3 N–H and O–H groups in total. The quantitative estimate of drug-likeness (QED) is 0.654. The lowest BCUT2D eigenvalue weighted by Crippen LogP contribution is -2.56. The first-order valence-corrected chi connectivity index (χ1v) is 6.76. The van der Waals surface area contributed by atoms with Crippen molar-refractivity contribution in [3.8, 4) is 0 Å². The molecule has 0 aliphatic carbocycles. The Morgan fingerprint density at radius 3 is 2.48 bits per heavy atom. The molecule has 0 aromatic rings. The van der Waals surface area contributed by atoms with Gasteiger partial charge in [-0.05, 0) is 32.2 Å². The van der Waals surface area contributed by atoms with E-state index in [2.05, 4.69) is 10.6 Å². The summed E-state index contributed by atoms with van der Waals surface area (Å²) in [5, 5.41) is 7.73. The summed E-state index contributed by atoms with van der Waals surface area (Å²) in [6.45, 7) is 1.52. The van der Waals surface area contributed by atoms with E-state index in [0.717, 1.165) is 19.4 Å². The van der Waals surface area contributed by atoms with Gasteiger partial charge in [-0.3, -0.25) is 9.59 Å². The zero-order valence-electron chi connectivity index (χ0n) is 11.3. The largest absolute Gasteiger partial charge is 0.408 e. The number of nitrogens with one attached hydrogen (secondary N) is 3. The second-order valence-electron chi connectivity index (χ2n) is 5.28. The summed E-state index contributed by atoms with van der Waals surface area (Å²) in [6, 6.07) is -1.89. The zero-order valence-corrected chi connectivity index (χ0v) is 12.1. The Hall–Kier alpha value is -1.02. The Kier molecular flexibility index (Phi) is 6.27. The summed E-state index contributed by atoms with van der Waals surface area (Å²) >= 11 is 0. The topological polar surface area (TPSA) is 70.2 Å². The van der Waals surface area contributed by atoms with Crippen LogP contribution < -0.4 is 16.0 Å². The number of alkyl halides is 3. The van der Waals surface area contributed by atoms with Crippen molar-refractivity contribution in [1.29, 1.82) is 0 Å². The SMILES string of the molecule is Cl.O=C(NC1CCCNC1)C1CCC(C(F)(F)F)NC1=O. The first kappa shape index (κ1) is 18.0. The molecule has 0 saturated carbocycles. The molecule has 2 rings (SSSR count). The van der Waals surface area contributed by atoms with Gasteiger partial charge in [0.25, 0.3) is 0 Å². The van der Waals surface area contributed by atoms with Crippen LogP contribution in [-0.2, 0) is 9.59 Å². The number of carbonyl (C=O) groups is 2. The third kappa shape index (κ3) is 4.74. The van der Waals surface area contributed by atoms with Crippen LogP contribution in [0.1, 0.15) is 25.7 Å². The average molecular weight is 330 g/mol. The van der Waals surface area contributed by atoms with Crippen LogP contribution in [0.15, 0.2) is 0 Å². The minimum Gasteiger partial charge on any atom is -0.351 e. The van der Waals surface area contributed by atoms with Crippen LogP contribution in [0.25, 0.3) is 0 Å². The monoisotopic (exact) mass is 329 g/mol. The fraction of sp³-hybridized carbons (Fsp3) is 0.833. The van der Waals surface area contributed by atoms with Gasteiger partial charge in [-0.15, -0.1) is 12.4 Å². The van der Waals surface area contributed by atoms with Gasteiger partial charge in [0, 0.05) is 12.6 Å². The van der Waals surface area contributed by atoms with E-state index in [4.69, 9.17) is 0 Å². The van der Waals surface area contributed by atoms with E-state index in [0.29, 0.717) is 6.54 Å². The van der Waals surface area contributed by atoms with Gasteiger partial charge >= 0.3 is 6.18 Å². The molecule has 2 fully saturated rings. The summed E-state index contributed by atoms with van der Waals surface area (Å²) in [7, 11) is 0. The van der Waals surface area contributed by atoms with Gasteiger partial charge in [0.1, 0.15) is 12.0 Å². The van der Waals surface area contributed by atoms with E-state index in [1.54, 1.807) is 0 Å². The Balaban J connectivity index is 0.00000220. The van der Waals surface area contributed by atoms with E-state index in [-0.39, 0.29) is 31.3 Å². The maximum Gasteiger partial charge on any atom is 0.408 e. The number of rotatable bonds is 2. The average Bonchev–Trinajstić information content (AvgIpc) is 2.38. The van der Waals surface area contributed by atoms with Gasteiger partial charge in [-0.25, -0.2) is 0 Å². The highest BCUT2D eigenvalue weighted by atomic mass is 35.5. The molecule has 2 amide bonds. The number of hydrogen-bond donors (Lipinski definition) is 3. The van der Waals surface area contributed by atoms with Crippen LogP contribution in [0.5, 0.6) is 0 Å². The highest BCUT2D eigenvalue weighted by molar-refractivity contribution is 6.01. The predicted molar refractivity (Wildman–Crippen MR) is 72.0 cm³/mol. The first-order chi connectivity index (χ1) is 9.38. The fourth-order valence-electron chi connectivity index (χ4n) is 2.58. The lowest BCUT2D eigenvalue weighted by molar-refractivity contribution is -0.171. The molecule has 0 bridgehead atoms. The summed E-state index contributed by atoms with van der Waals surface area (Å²) in [5.74, 6) is -2.33. The summed E-state index contributed by atoms with van der Waals surface area (Å²) in [5.41, 5.74) is 0. The maximum atomic E-state index is 12.5. The van der Waals surface area contributed by atoms with Crippen molar-refractivity contribution < 1.29 is 22.8 Å². The Morgan fingerprint density at radius 2 is 1.95 bits per heavy atom. The second kappa shape index (κ2) is 7.31. The molecule has 122 valence electrons. The standard InChI is InChI=1S/C12H18F3N3O2.ClH/c13-12(14,15)9-4-3-8(11(20)18-9)10(19)17-7-2-1-5-16-6-7;/h7-9,16H,1-6H2,(H,17,19)(H,18,20);1H. The molecule has 0 aromatic heterocycles. The van der Waals surface area contributed by atoms with Crippen LogP contribution in [0, 0.1) is 5.92 Å². The van der Waals surface area contributed by atoms with Crippen molar-refractivity contribution >= 4 is 24.2 Å². The zero-order chi connectivity index (χ0) is 14.8. The van der Waals surface area contributed by atoms with E-state index < -0.39 is 30.0 Å². The second-order valence-corrected chi connectivity index (χ2v) is 5.28. The smallest absolute Gasteiger partial charge is 0.351 e. The van der Waals surface area contributed by atoms with Gasteiger partial charge in [0.2, 0.25) is 11.8 Å². The molecule has 2 heterocycles. The number of amides is 2. The normalized spacial score (nSPS) is 30.0. The van der Waals surface area contributed by atoms with Crippen molar-refractivity contribution in [3.05, 3.63) is 0 Å². The molecule has 3 atom stereocenters. The highest BCUT2D eigenvalue weighted by Gasteiger charge is 2.46. The molecule has 3 unspecified atom stereocenters. The summed E-state index contributed by atoms with van der Waals surface area (Å²) in [4.78, 5) is 23.6. The molecule has 2 aliphatic heterocycles. The molecule has 0 spiro atoms. The fourth-order valence-corrected chi connectivity index (χ4v) is 2.58. The van der Waals surface area contributed by atoms with Gasteiger partial charge in [0.05, 0.1) is 0 Å². The molecule has 21 heavy (non-hydrogen) atoms. The van der Waals surface area contributed by atoms with Crippen LogP contribution >= 0.6 is 12.4 Å². The van der Waals surface area contributed by atoms with Gasteiger partial charge < -0.3 is 16.0 Å². The Labute approximate surface area is 126 Å². The minimum atomic E-state index is -4.45. The van der Waals surface area contributed by atoms with Crippen LogP contribution in [0.4, 0.5) is 13.2 Å². The summed E-state index contributed by atoms with van der Waals surface area (Å²) in [6.07, 6.45) is -3.03. The van der Waals surface area contributed by atoms with Crippen molar-refractivity contribution in [1.82, 2.24) is 16.0 Å². The third-order valence-electron chi connectivity index (χ3n) is 3.73. The van der Waals surface area contributed by atoms with Crippen LogP contribution in [0.2, 0.25) is 0 Å². The van der Waals surface area contributed by atoms with Crippen molar-refractivity contribution in [3.63, 3.8) is 0 Å². The molecule has 2 saturated heterocycles. The summed E-state index contributed by atoms with van der Waals surface area (Å²) < 4.78 is 37.5. The number of piperidine rings is 2. The van der Waals surface area contributed by atoms with Crippen LogP contribution in [-0.4, -0.2) is 43.2 Å². The first-order valence-electron chi connectivity index (χ1n) is 6.76. The molecule has 2 aliphatic rings. The van der Waals surface area contributed by atoms with Crippen molar-refractivity contribution in [2.45, 2.75) is 43.9 Å². The van der Waals surface area contributed by atoms with Crippen molar-refractivity contribution in [2.24, 2.45) is 5.92 Å². The van der Waals surface area contributed by atoms with E-state index in [9.17, 15) is 22.8 Å². The number of carbonyl (C=O) groups excluding carboxylic acids is 2. The van der Waals surface area contributed by atoms with Crippen molar-refractivity contribution in [2.75, 3.05) is 13.1 Å². The number of hydrogen-bond acceptors (Lipinski definition) is 3. The van der Waals surface area contributed by atoms with E-state index in [1.165, 1.54) is 0 Å². The molecule has 0 aromatic carbocycles. The lowest BCUT2D eigenvalue weighted by atomic mass is 9.92. The molecular formula is C12H19ClF3N3O2. The molecule has 0 radical (unpaired) electrons. The lowest BCUT2D eigenvalue weighted by Gasteiger charge is -2.31. The van der Waals surface area contributed by atoms with Crippen LogP contribution in [0.3, 0.4) is 0 Å². The van der Waals surface area contributed by atoms with E-state index >= 15 is 0 Å². The number of halogens is 4. The minimum absolute atomic E-state index is 0. The Morgan fingerprint density at radius 1 is 1.24 bits per heavy atom.